The van der Waals surface area contributed by atoms with Crippen molar-refractivity contribution < 1.29 is 22.5 Å². The summed E-state index contributed by atoms with van der Waals surface area (Å²) in [5, 5.41) is 6.53. The van der Waals surface area contributed by atoms with Crippen LogP contribution in [0, 0.1) is 0 Å². The van der Waals surface area contributed by atoms with Crippen molar-refractivity contribution in [2.75, 3.05) is 38.0 Å². The van der Waals surface area contributed by atoms with Crippen LogP contribution in [0.1, 0.15) is 35.8 Å². The Hall–Kier alpha value is -2.39. The van der Waals surface area contributed by atoms with Gasteiger partial charge in [-0.05, 0) is 25.0 Å². The number of halogens is 3. The maximum atomic E-state index is 13.0. The summed E-state index contributed by atoms with van der Waals surface area (Å²) in [6, 6.07) is 7.04. The molecule has 0 bridgehead atoms. The van der Waals surface area contributed by atoms with E-state index in [4.69, 9.17) is 4.52 Å². The van der Waals surface area contributed by atoms with Gasteiger partial charge in [0.15, 0.2) is 0 Å². The first-order chi connectivity index (χ1) is 13.9. The Morgan fingerprint density at radius 1 is 1.14 bits per heavy atom. The molecule has 0 atom stereocenters. The largest absolute Gasteiger partial charge is 0.418 e. The zero-order valence-electron chi connectivity index (χ0n) is 15.9. The van der Waals surface area contributed by atoms with Gasteiger partial charge in [0.2, 0.25) is 5.91 Å². The zero-order valence-corrected chi connectivity index (χ0v) is 15.9. The molecule has 2 heterocycles. The van der Waals surface area contributed by atoms with Crippen molar-refractivity contribution in [1.29, 1.82) is 0 Å². The van der Waals surface area contributed by atoms with Gasteiger partial charge in [-0.25, -0.2) is 0 Å². The molecule has 0 radical (unpaired) electrons. The zero-order chi connectivity index (χ0) is 20.4. The number of rotatable bonds is 6. The van der Waals surface area contributed by atoms with Crippen LogP contribution in [-0.4, -0.2) is 53.6 Å². The van der Waals surface area contributed by atoms with Gasteiger partial charge in [-0.15, -0.1) is 0 Å². The van der Waals surface area contributed by atoms with Crippen LogP contribution < -0.4 is 5.32 Å². The van der Waals surface area contributed by atoms with Crippen molar-refractivity contribution in [1.82, 2.24) is 15.0 Å². The molecule has 1 N–H and O–H groups in total. The van der Waals surface area contributed by atoms with Crippen molar-refractivity contribution in [3.8, 4) is 0 Å². The first-order valence-corrected chi connectivity index (χ1v) is 9.75. The molecule has 29 heavy (non-hydrogen) atoms. The fraction of sp³-hybridized carbons (Fsp3) is 0.500. The Bertz CT molecular complexity index is 855. The van der Waals surface area contributed by atoms with E-state index in [1.807, 2.05) is 11.0 Å². The number of hydrogen-bond donors (Lipinski definition) is 1. The molecule has 1 aliphatic carbocycles. The number of para-hydroxylation sites is 1. The van der Waals surface area contributed by atoms with E-state index in [1.165, 1.54) is 31.0 Å². The lowest BCUT2D eigenvalue weighted by molar-refractivity contribution is -0.137. The number of anilines is 1. The second-order valence-corrected chi connectivity index (χ2v) is 7.64. The van der Waals surface area contributed by atoms with Gasteiger partial charge in [0, 0.05) is 44.7 Å². The van der Waals surface area contributed by atoms with Gasteiger partial charge in [0.05, 0.1) is 23.5 Å². The monoisotopic (exact) mass is 408 g/mol. The fourth-order valence-electron chi connectivity index (χ4n) is 3.53. The summed E-state index contributed by atoms with van der Waals surface area (Å²) in [5.74, 6) is 1.06. The Labute approximate surface area is 166 Å². The number of piperazine rings is 1. The quantitative estimate of drug-likeness (QED) is 0.795. The topological polar surface area (TPSA) is 61.6 Å². The number of nitrogens with zero attached hydrogens (tertiary/aromatic N) is 3. The molecule has 0 unspecified atom stereocenters. The van der Waals surface area contributed by atoms with Crippen LogP contribution >= 0.6 is 0 Å². The van der Waals surface area contributed by atoms with Crippen LogP contribution in [0.3, 0.4) is 0 Å². The number of benzene rings is 1. The minimum atomic E-state index is -4.50. The number of carbonyl (C=O) groups is 1. The second-order valence-electron chi connectivity index (χ2n) is 7.64. The highest BCUT2D eigenvalue weighted by Gasteiger charge is 2.33. The van der Waals surface area contributed by atoms with Crippen molar-refractivity contribution in [3.05, 3.63) is 47.3 Å². The molecular weight excluding hydrogens is 385 g/mol. The summed E-state index contributed by atoms with van der Waals surface area (Å²) in [6.45, 7) is 3.63. The molecule has 2 fully saturated rings. The molecule has 2 aliphatic rings. The Kier molecular flexibility index (Phi) is 5.60. The fourth-order valence-corrected chi connectivity index (χ4v) is 3.53. The standard InChI is InChI=1S/C20H23F3N4O2/c21-20(22,23)16-3-1-2-4-17(16)24-19(28)13-27-9-7-26(8-10-27)12-15-11-18(29-25-15)14-5-6-14/h1-4,11,14H,5-10,12-13H2,(H,24,28). The highest BCUT2D eigenvalue weighted by Crippen LogP contribution is 2.40. The van der Waals surface area contributed by atoms with Crippen molar-refractivity contribution in [2.24, 2.45) is 0 Å². The predicted octanol–water partition coefficient (Wildman–Crippen LogP) is 3.33. The van der Waals surface area contributed by atoms with E-state index in [-0.39, 0.29) is 12.2 Å². The minimum Gasteiger partial charge on any atom is -0.361 e. The van der Waals surface area contributed by atoms with Gasteiger partial charge >= 0.3 is 6.18 Å². The van der Waals surface area contributed by atoms with Gasteiger partial charge in [-0.1, -0.05) is 17.3 Å². The summed E-state index contributed by atoms with van der Waals surface area (Å²) < 4.78 is 44.5. The first-order valence-electron chi connectivity index (χ1n) is 9.75. The Morgan fingerprint density at radius 3 is 2.52 bits per heavy atom. The van der Waals surface area contributed by atoms with Crippen molar-refractivity contribution >= 4 is 11.6 Å². The van der Waals surface area contributed by atoms with Crippen LogP contribution in [0.2, 0.25) is 0 Å². The summed E-state index contributed by atoms with van der Waals surface area (Å²) in [7, 11) is 0. The number of nitrogens with one attached hydrogen (secondary N) is 1. The molecule has 6 nitrogen and oxygen atoms in total. The molecule has 1 aromatic carbocycles. The van der Waals surface area contributed by atoms with Crippen molar-refractivity contribution in [3.63, 3.8) is 0 Å². The molecule has 1 amide bonds. The van der Waals surface area contributed by atoms with E-state index < -0.39 is 17.6 Å². The lowest BCUT2D eigenvalue weighted by Crippen LogP contribution is -2.48. The van der Waals surface area contributed by atoms with Crippen LogP contribution in [0.15, 0.2) is 34.9 Å². The number of hydrogen-bond acceptors (Lipinski definition) is 5. The maximum Gasteiger partial charge on any atom is 0.418 e. The summed E-state index contributed by atoms with van der Waals surface area (Å²) in [6.07, 6.45) is -2.17. The number of alkyl halides is 3. The predicted molar refractivity (Wildman–Crippen MR) is 100 cm³/mol. The molecule has 156 valence electrons. The van der Waals surface area contributed by atoms with Gasteiger partial charge in [-0.2, -0.15) is 13.2 Å². The third-order valence-electron chi connectivity index (χ3n) is 5.28. The molecule has 0 spiro atoms. The molecule has 2 aromatic rings. The Balaban J connectivity index is 1.24. The molecule has 1 aromatic heterocycles. The molecule has 1 aliphatic heterocycles. The van der Waals surface area contributed by atoms with Gasteiger partial charge in [-0.3, -0.25) is 14.6 Å². The molecule has 1 saturated heterocycles. The highest BCUT2D eigenvalue weighted by atomic mass is 19.4. The third kappa shape index (κ3) is 5.16. The van der Waals surface area contributed by atoms with E-state index in [0.29, 0.717) is 25.6 Å². The second kappa shape index (κ2) is 8.16. The van der Waals surface area contributed by atoms with E-state index in [9.17, 15) is 18.0 Å². The molecular formula is C20H23F3N4O2. The number of aromatic nitrogens is 1. The molecule has 1 saturated carbocycles. The highest BCUT2D eigenvalue weighted by molar-refractivity contribution is 5.93. The Morgan fingerprint density at radius 2 is 1.83 bits per heavy atom. The van der Waals surface area contributed by atoms with Crippen LogP contribution in [0.25, 0.3) is 0 Å². The summed E-state index contributed by atoms with van der Waals surface area (Å²) in [4.78, 5) is 16.4. The lowest BCUT2D eigenvalue weighted by atomic mass is 10.1. The van der Waals surface area contributed by atoms with E-state index in [0.717, 1.165) is 30.6 Å². The molecule has 4 rings (SSSR count). The lowest BCUT2D eigenvalue weighted by Gasteiger charge is -2.33. The normalized spacial score (nSPS) is 18.7. The van der Waals surface area contributed by atoms with E-state index in [1.54, 1.807) is 0 Å². The van der Waals surface area contributed by atoms with E-state index in [2.05, 4.69) is 15.4 Å². The SMILES string of the molecule is O=C(CN1CCN(Cc2cc(C3CC3)on2)CC1)Nc1ccccc1C(F)(F)F. The van der Waals surface area contributed by atoms with Crippen molar-refractivity contribution in [2.45, 2.75) is 31.5 Å². The smallest absolute Gasteiger partial charge is 0.361 e. The first kappa shape index (κ1) is 19.9. The van der Waals surface area contributed by atoms with Crippen LogP contribution in [0.4, 0.5) is 18.9 Å². The van der Waals surface area contributed by atoms with Gasteiger partial charge < -0.3 is 9.84 Å². The van der Waals surface area contributed by atoms with Gasteiger partial charge in [0.1, 0.15) is 5.76 Å². The van der Waals surface area contributed by atoms with Crippen LogP contribution in [-0.2, 0) is 17.5 Å². The van der Waals surface area contributed by atoms with Crippen LogP contribution in [0.5, 0.6) is 0 Å². The van der Waals surface area contributed by atoms with Gasteiger partial charge in [0.25, 0.3) is 0 Å². The number of carbonyl (C=O) groups excluding carboxylic acids is 1. The average Bonchev–Trinajstić information content (AvgIpc) is 3.42. The number of amides is 1. The summed E-state index contributed by atoms with van der Waals surface area (Å²) >= 11 is 0. The third-order valence-corrected chi connectivity index (χ3v) is 5.28. The average molecular weight is 408 g/mol. The molecule has 9 heteroatoms. The summed E-state index contributed by atoms with van der Waals surface area (Å²) in [5.41, 5.74) is -0.126. The maximum absolute atomic E-state index is 13.0. The van der Waals surface area contributed by atoms with E-state index >= 15 is 0 Å². The minimum absolute atomic E-state index is 0.0653.